The number of benzene rings is 5. The third-order valence-electron chi connectivity index (χ3n) is 8.91. The van der Waals surface area contributed by atoms with E-state index >= 15 is 0 Å². The summed E-state index contributed by atoms with van der Waals surface area (Å²) >= 11 is 0. The molecule has 0 bridgehead atoms. The van der Waals surface area contributed by atoms with Crippen LogP contribution in [0.4, 0.5) is 11.4 Å². The van der Waals surface area contributed by atoms with Crippen molar-refractivity contribution < 1.29 is 28.5 Å². The van der Waals surface area contributed by atoms with Crippen LogP contribution in [0.2, 0.25) is 0 Å². The highest BCUT2D eigenvalue weighted by atomic mass is 16.6. The van der Waals surface area contributed by atoms with E-state index in [9.17, 15) is 9.59 Å². The van der Waals surface area contributed by atoms with Crippen molar-refractivity contribution in [2.45, 2.75) is 26.1 Å². The van der Waals surface area contributed by atoms with Crippen LogP contribution in [0.5, 0.6) is 11.5 Å². The van der Waals surface area contributed by atoms with Crippen molar-refractivity contribution in [3.8, 4) is 33.8 Å². The van der Waals surface area contributed by atoms with Gasteiger partial charge in [-0.25, -0.2) is 0 Å². The molecule has 2 amide bonds. The predicted molar refractivity (Wildman–Crippen MR) is 195 cm³/mol. The van der Waals surface area contributed by atoms with Crippen LogP contribution in [-0.4, -0.2) is 63.5 Å². The Balaban J connectivity index is 0.976. The fourth-order valence-corrected chi connectivity index (χ4v) is 5.82. The van der Waals surface area contributed by atoms with Crippen LogP contribution in [0.1, 0.15) is 34.6 Å². The molecule has 7 rings (SSSR count). The average molecular weight is 669 g/mol. The first-order chi connectivity index (χ1) is 24.5. The third-order valence-corrected chi connectivity index (χ3v) is 8.91. The van der Waals surface area contributed by atoms with E-state index in [0.717, 1.165) is 58.3 Å². The molecule has 5 aromatic carbocycles. The van der Waals surface area contributed by atoms with Crippen molar-refractivity contribution in [3.05, 3.63) is 132 Å². The summed E-state index contributed by atoms with van der Waals surface area (Å²) in [5.41, 5.74) is 6.86. The van der Waals surface area contributed by atoms with Gasteiger partial charge in [-0.3, -0.25) is 9.59 Å². The zero-order valence-corrected chi connectivity index (χ0v) is 28.3. The lowest BCUT2D eigenvalue weighted by Crippen LogP contribution is -2.32. The molecule has 5 aromatic rings. The molecule has 8 heteroatoms. The molecule has 0 radical (unpaired) electrons. The van der Waals surface area contributed by atoms with Crippen LogP contribution in [0, 0.1) is 0 Å². The second kappa shape index (κ2) is 15.0. The number of carbonyl (C=O) groups is 2. The molecule has 2 fully saturated rings. The molecule has 0 aliphatic carbocycles. The second-order valence-corrected chi connectivity index (χ2v) is 12.4. The summed E-state index contributed by atoms with van der Waals surface area (Å²) < 4.78 is 21.9. The van der Waals surface area contributed by atoms with Gasteiger partial charge < -0.3 is 28.7 Å². The van der Waals surface area contributed by atoms with Gasteiger partial charge in [-0.15, -0.1) is 0 Å². The molecule has 8 nitrogen and oxygen atoms in total. The van der Waals surface area contributed by atoms with Gasteiger partial charge in [0.2, 0.25) is 0 Å². The largest absolute Gasteiger partial charge is 0.491 e. The summed E-state index contributed by atoms with van der Waals surface area (Å²) in [7, 11) is 0. The molecule has 2 atom stereocenters. The Morgan fingerprint density at radius 1 is 0.520 bits per heavy atom. The number of hydrogen-bond acceptors (Lipinski definition) is 6. The molecule has 0 N–H and O–H groups in total. The Morgan fingerprint density at radius 2 is 0.820 bits per heavy atom. The van der Waals surface area contributed by atoms with Crippen LogP contribution < -0.4 is 19.3 Å². The number of nitrogens with zero attached hydrogens (tertiary/aromatic N) is 2. The lowest BCUT2D eigenvalue weighted by atomic mass is 10.0. The molecular formula is C42H40N2O6. The SMILES string of the molecule is CCN(C(=O)c1ccc(-c2ccc(OCC3CO3)cc2)cc1)c1ccc(N(CC)C(=O)c2ccc(-c3ccc(OCC4CO4)cc3)cc2)cc1. The van der Waals surface area contributed by atoms with Crippen molar-refractivity contribution in [1.29, 1.82) is 0 Å². The number of hydrogen-bond donors (Lipinski definition) is 0. The van der Waals surface area contributed by atoms with Crippen LogP contribution in [0.3, 0.4) is 0 Å². The van der Waals surface area contributed by atoms with E-state index in [-0.39, 0.29) is 24.0 Å². The lowest BCUT2D eigenvalue weighted by molar-refractivity contribution is 0.0980. The zero-order chi connectivity index (χ0) is 34.5. The smallest absolute Gasteiger partial charge is 0.258 e. The summed E-state index contributed by atoms with van der Waals surface area (Å²) in [4.78, 5) is 30.7. The average Bonchev–Trinajstić information content (AvgIpc) is 4.11. The predicted octanol–water partition coefficient (Wildman–Crippen LogP) is 7.91. The molecular weight excluding hydrogens is 628 g/mol. The maximum atomic E-state index is 13.6. The maximum absolute atomic E-state index is 13.6. The first-order valence-corrected chi connectivity index (χ1v) is 17.1. The van der Waals surface area contributed by atoms with Gasteiger partial charge in [0.15, 0.2) is 0 Å². The fourth-order valence-electron chi connectivity index (χ4n) is 5.82. The van der Waals surface area contributed by atoms with E-state index in [1.807, 2.05) is 135 Å². The maximum Gasteiger partial charge on any atom is 0.258 e. The van der Waals surface area contributed by atoms with E-state index in [4.69, 9.17) is 18.9 Å². The Kier molecular flexibility index (Phi) is 9.91. The quantitative estimate of drug-likeness (QED) is 0.112. The Morgan fingerprint density at radius 3 is 1.10 bits per heavy atom. The van der Waals surface area contributed by atoms with Gasteiger partial charge in [-0.05, 0) is 109 Å². The Bertz CT molecular complexity index is 1760. The molecule has 254 valence electrons. The Hall–Kier alpha value is -5.44. The number of rotatable bonds is 14. The van der Waals surface area contributed by atoms with Crippen LogP contribution in [-0.2, 0) is 9.47 Å². The molecule has 2 aliphatic rings. The van der Waals surface area contributed by atoms with Crippen molar-refractivity contribution in [1.82, 2.24) is 0 Å². The van der Waals surface area contributed by atoms with Gasteiger partial charge in [0.05, 0.1) is 13.2 Å². The topological polar surface area (TPSA) is 84.1 Å². The molecule has 0 spiro atoms. The van der Waals surface area contributed by atoms with Gasteiger partial charge in [0, 0.05) is 35.6 Å². The van der Waals surface area contributed by atoms with E-state index in [1.165, 1.54) is 0 Å². The Labute approximate surface area is 292 Å². The lowest BCUT2D eigenvalue weighted by Gasteiger charge is -2.24. The molecule has 0 aromatic heterocycles. The minimum absolute atomic E-state index is 0.0867. The standard InChI is InChI=1S/C42H40N2O6/c1-3-43(41(45)33-9-5-29(6-10-33)31-13-21-37(22-14-31)47-25-39-27-49-39)35-17-19-36(20-18-35)44(4-2)42(46)34-11-7-30(8-12-34)32-15-23-38(24-16-32)48-26-40-28-50-40/h5-24,39-40H,3-4,25-28H2,1-2H3. The summed E-state index contributed by atoms with van der Waals surface area (Å²) in [6, 6.07) is 38.8. The monoisotopic (exact) mass is 668 g/mol. The van der Waals surface area contributed by atoms with E-state index < -0.39 is 0 Å². The van der Waals surface area contributed by atoms with E-state index in [2.05, 4.69) is 0 Å². The highest BCUT2D eigenvalue weighted by Gasteiger charge is 2.24. The van der Waals surface area contributed by atoms with E-state index in [1.54, 1.807) is 9.80 Å². The normalized spacial score (nSPS) is 16.0. The van der Waals surface area contributed by atoms with Crippen LogP contribution >= 0.6 is 0 Å². The molecule has 2 saturated heterocycles. The highest BCUT2D eigenvalue weighted by molar-refractivity contribution is 6.08. The third kappa shape index (κ3) is 7.88. The summed E-state index contributed by atoms with van der Waals surface area (Å²) in [5.74, 6) is 1.45. The minimum Gasteiger partial charge on any atom is -0.491 e. The van der Waals surface area contributed by atoms with Gasteiger partial charge in [0.25, 0.3) is 11.8 Å². The molecule has 2 unspecified atom stereocenters. The van der Waals surface area contributed by atoms with Crippen LogP contribution in [0.25, 0.3) is 22.3 Å². The minimum atomic E-state index is -0.0867. The first kappa shape index (κ1) is 33.1. The number of anilines is 2. The van der Waals surface area contributed by atoms with Crippen LogP contribution in [0.15, 0.2) is 121 Å². The summed E-state index contributed by atoms with van der Waals surface area (Å²) in [6.45, 7) is 7.59. The number of epoxide rings is 2. The van der Waals surface area contributed by atoms with Gasteiger partial charge in [-0.2, -0.15) is 0 Å². The first-order valence-electron chi connectivity index (χ1n) is 17.1. The second-order valence-electron chi connectivity index (χ2n) is 12.4. The zero-order valence-electron chi connectivity index (χ0n) is 28.3. The van der Waals surface area contributed by atoms with E-state index in [0.29, 0.717) is 37.4 Å². The van der Waals surface area contributed by atoms with Crippen molar-refractivity contribution in [2.24, 2.45) is 0 Å². The molecule has 2 heterocycles. The summed E-state index contributed by atoms with van der Waals surface area (Å²) in [6.07, 6.45) is 0.434. The number of carbonyl (C=O) groups excluding carboxylic acids is 2. The van der Waals surface area contributed by atoms with Crippen molar-refractivity contribution in [3.63, 3.8) is 0 Å². The van der Waals surface area contributed by atoms with Gasteiger partial charge >= 0.3 is 0 Å². The number of amides is 2. The number of ether oxygens (including phenoxy) is 4. The van der Waals surface area contributed by atoms with Crippen molar-refractivity contribution >= 4 is 23.2 Å². The molecule has 0 saturated carbocycles. The molecule has 2 aliphatic heterocycles. The fraction of sp³-hybridized carbons (Fsp3) is 0.238. The van der Waals surface area contributed by atoms with Gasteiger partial charge in [-0.1, -0.05) is 48.5 Å². The van der Waals surface area contributed by atoms with Crippen molar-refractivity contribution in [2.75, 3.05) is 49.3 Å². The van der Waals surface area contributed by atoms with Gasteiger partial charge in [0.1, 0.15) is 36.9 Å². The summed E-state index contributed by atoms with van der Waals surface area (Å²) in [5, 5.41) is 0. The highest BCUT2D eigenvalue weighted by Crippen LogP contribution is 2.28. The molecule has 50 heavy (non-hydrogen) atoms.